The molecule has 1 aliphatic heterocycles. The molecule has 0 aromatic carbocycles. The topological polar surface area (TPSA) is 45.4 Å². The van der Waals surface area contributed by atoms with Crippen LogP contribution in [0.3, 0.4) is 0 Å². The number of hydrogen-bond donors (Lipinski definition) is 1. The van der Waals surface area contributed by atoms with Crippen LogP contribution in [0.4, 0.5) is 0 Å². The Hall–Kier alpha value is -0.970. The van der Waals surface area contributed by atoms with Gasteiger partial charge in [0, 0.05) is 51.2 Å². The van der Waals surface area contributed by atoms with Crippen molar-refractivity contribution in [1.29, 1.82) is 0 Å². The molecule has 1 unspecified atom stereocenters. The fourth-order valence-electron chi connectivity index (χ4n) is 2.47. The summed E-state index contributed by atoms with van der Waals surface area (Å²) in [5.74, 6) is 0. The Morgan fingerprint density at radius 1 is 1.24 bits per heavy atom. The highest BCUT2D eigenvalue weighted by molar-refractivity contribution is 5.15. The molecule has 2 rings (SSSR count). The van der Waals surface area contributed by atoms with Gasteiger partial charge >= 0.3 is 0 Å². The highest BCUT2D eigenvalue weighted by Crippen LogP contribution is 2.20. The Morgan fingerprint density at radius 3 is 2.41 bits per heavy atom. The Labute approximate surface area is 103 Å². The smallest absolute Gasteiger partial charge is 0.0472 e. The number of hydrogen-bond acceptors (Lipinski definition) is 4. The average Bonchev–Trinajstić information content (AvgIpc) is 2.42. The van der Waals surface area contributed by atoms with Gasteiger partial charge in [-0.25, -0.2) is 0 Å². The van der Waals surface area contributed by atoms with Crippen LogP contribution in [0.5, 0.6) is 0 Å². The lowest BCUT2D eigenvalue weighted by molar-refractivity contribution is 0.102. The summed E-state index contributed by atoms with van der Waals surface area (Å²) in [6.45, 7) is 8.57. The lowest BCUT2D eigenvalue weighted by atomic mass is 10.1. The SMILES string of the molecule is CCN1CCN(C(CN)c2ccncc2)CC1. The summed E-state index contributed by atoms with van der Waals surface area (Å²) in [7, 11) is 0. The number of pyridine rings is 1. The van der Waals surface area contributed by atoms with Crippen LogP contribution in [0.15, 0.2) is 24.5 Å². The van der Waals surface area contributed by atoms with Gasteiger partial charge in [0.15, 0.2) is 0 Å². The average molecular weight is 234 g/mol. The van der Waals surface area contributed by atoms with E-state index in [-0.39, 0.29) is 0 Å². The molecule has 1 aromatic heterocycles. The molecule has 1 atom stereocenters. The molecule has 0 spiro atoms. The molecule has 1 aliphatic rings. The molecular weight excluding hydrogens is 212 g/mol. The summed E-state index contributed by atoms with van der Waals surface area (Å²) in [6, 6.07) is 4.49. The molecule has 94 valence electrons. The van der Waals surface area contributed by atoms with Gasteiger partial charge in [0.1, 0.15) is 0 Å². The molecule has 2 heterocycles. The summed E-state index contributed by atoms with van der Waals surface area (Å²) in [5, 5.41) is 0. The van der Waals surface area contributed by atoms with Gasteiger partial charge < -0.3 is 10.6 Å². The predicted octanol–water partition coefficient (Wildman–Crippen LogP) is 0.719. The standard InChI is InChI=1S/C13H22N4/c1-2-16-7-9-17(10-8-16)13(11-14)12-3-5-15-6-4-12/h3-6,13H,2,7-11,14H2,1H3. The van der Waals surface area contributed by atoms with Crippen LogP contribution in [0, 0.1) is 0 Å². The zero-order chi connectivity index (χ0) is 12.1. The van der Waals surface area contributed by atoms with E-state index in [0.29, 0.717) is 12.6 Å². The van der Waals surface area contributed by atoms with Crippen LogP contribution in [0.25, 0.3) is 0 Å². The highest BCUT2D eigenvalue weighted by Gasteiger charge is 2.23. The van der Waals surface area contributed by atoms with Gasteiger partial charge in [-0.2, -0.15) is 0 Å². The van der Waals surface area contributed by atoms with E-state index < -0.39 is 0 Å². The Morgan fingerprint density at radius 2 is 1.88 bits per heavy atom. The summed E-state index contributed by atoms with van der Waals surface area (Å²) in [5.41, 5.74) is 7.21. The number of aromatic nitrogens is 1. The largest absolute Gasteiger partial charge is 0.329 e. The van der Waals surface area contributed by atoms with Gasteiger partial charge in [0.25, 0.3) is 0 Å². The molecular formula is C13H22N4. The molecule has 17 heavy (non-hydrogen) atoms. The molecule has 2 N–H and O–H groups in total. The maximum Gasteiger partial charge on any atom is 0.0472 e. The number of rotatable bonds is 4. The highest BCUT2D eigenvalue weighted by atomic mass is 15.3. The van der Waals surface area contributed by atoms with Gasteiger partial charge in [0.2, 0.25) is 0 Å². The van der Waals surface area contributed by atoms with Gasteiger partial charge in [-0.3, -0.25) is 9.88 Å². The van der Waals surface area contributed by atoms with Gasteiger partial charge in [-0.1, -0.05) is 6.92 Å². The second-order valence-electron chi connectivity index (χ2n) is 4.50. The van der Waals surface area contributed by atoms with Gasteiger partial charge in [-0.15, -0.1) is 0 Å². The molecule has 4 nitrogen and oxygen atoms in total. The van der Waals surface area contributed by atoms with E-state index in [1.54, 1.807) is 0 Å². The van der Waals surface area contributed by atoms with Crippen molar-refractivity contribution in [3.8, 4) is 0 Å². The van der Waals surface area contributed by atoms with Crippen molar-refractivity contribution in [3.05, 3.63) is 30.1 Å². The molecule has 0 amide bonds. The zero-order valence-corrected chi connectivity index (χ0v) is 10.5. The lowest BCUT2D eigenvalue weighted by Gasteiger charge is -2.38. The third kappa shape index (κ3) is 3.03. The van der Waals surface area contributed by atoms with Crippen LogP contribution in [0.1, 0.15) is 18.5 Å². The van der Waals surface area contributed by atoms with Crippen molar-refractivity contribution in [3.63, 3.8) is 0 Å². The normalized spacial score (nSPS) is 20.4. The zero-order valence-electron chi connectivity index (χ0n) is 10.5. The molecule has 0 bridgehead atoms. The summed E-state index contributed by atoms with van der Waals surface area (Å²) in [4.78, 5) is 9.04. The quantitative estimate of drug-likeness (QED) is 0.834. The van der Waals surface area contributed by atoms with Crippen LogP contribution in [-0.2, 0) is 0 Å². The van der Waals surface area contributed by atoms with Gasteiger partial charge in [-0.05, 0) is 24.2 Å². The number of nitrogens with two attached hydrogens (primary N) is 1. The second-order valence-corrected chi connectivity index (χ2v) is 4.50. The molecule has 1 aromatic rings. The summed E-state index contributed by atoms with van der Waals surface area (Å²) in [6.07, 6.45) is 3.70. The predicted molar refractivity (Wildman–Crippen MR) is 69.7 cm³/mol. The first-order valence-electron chi connectivity index (χ1n) is 6.41. The molecule has 0 saturated carbocycles. The van der Waals surface area contributed by atoms with E-state index >= 15 is 0 Å². The van der Waals surface area contributed by atoms with Crippen LogP contribution >= 0.6 is 0 Å². The minimum absolute atomic E-state index is 0.344. The molecule has 0 aliphatic carbocycles. The van der Waals surface area contributed by atoms with E-state index in [9.17, 15) is 0 Å². The summed E-state index contributed by atoms with van der Waals surface area (Å²) >= 11 is 0. The Bertz CT molecular complexity index is 319. The molecule has 1 fully saturated rings. The maximum atomic E-state index is 5.93. The van der Waals surface area contributed by atoms with E-state index in [4.69, 9.17) is 5.73 Å². The maximum absolute atomic E-state index is 5.93. The Balaban J connectivity index is 2.00. The third-order valence-corrected chi connectivity index (χ3v) is 3.61. The van der Waals surface area contributed by atoms with E-state index in [1.807, 2.05) is 12.4 Å². The number of likely N-dealkylation sites (N-methyl/N-ethyl adjacent to an activating group) is 1. The molecule has 4 heteroatoms. The van der Waals surface area contributed by atoms with E-state index in [1.165, 1.54) is 5.56 Å². The van der Waals surface area contributed by atoms with Crippen LogP contribution in [0.2, 0.25) is 0 Å². The second kappa shape index (κ2) is 6.10. The van der Waals surface area contributed by atoms with Crippen LogP contribution < -0.4 is 5.73 Å². The van der Waals surface area contributed by atoms with Crippen molar-refractivity contribution in [2.45, 2.75) is 13.0 Å². The number of piperazine rings is 1. The lowest BCUT2D eigenvalue weighted by Crippen LogP contribution is -2.48. The monoisotopic (exact) mass is 234 g/mol. The number of nitrogens with zero attached hydrogens (tertiary/aromatic N) is 3. The van der Waals surface area contributed by atoms with Crippen molar-refractivity contribution in [2.75, 3.05) is 39.3 Å². The van der Waals surface area contributed by atoms with Crippen molar-refractivity contribution in [1.82, 2.24) is 14.8 Å². The molecule has 1 saturated heterocycles. The Kier molecular flexibility index (Phi) is 4.48. The summed E-state index contributed by atoms with van der Waals surface area (Å²) < 4.78 is 0. The van der Waals surface area contributed by atoms with Gasteiger partial charge in [0.05, 0.1) is 0 Å². The van der Waals surface area contributed by atoms with Crippen molar-refractivity contribution >= 4 is 0 Å². The van der Waals surface area contributed by atoms with E-state index in [0.717, 1.165) is 32.7 Å². The van der Waals surface area contributed by atoms with Crippen molar-refractivity contribution < 1.29 is 0 Å². The first kappa shape index (κ1) is 12.5. The minimum Gasteiger partial charge on any atom is -0.329 e. The first-order valence-corrected chi connectivity index (χ1v) is 6.41. The fraction of sp³-hybridized carbons (Fsp3) is 0.615. The third-order valence-electron chi connectivity index (χ3n) is 3.61. The fourth-order valence-corrected chi connectivity index (χ4v) is 2.47. The minimum atomic E-state index is 0.344. The van der Waals surface area contributed by atoms with Crippen molar-refractivity contribution in [2.24, 2.45) is 5.73 Å². The first-order chi connectivity index (χ1) is 8.35. The van der Waals surface area contributed by atoms with Crippen LogP contribution in [-0.4, -0.2) is 54.1 Å². The molecule has 0 radical (unpaired) electrons. The van der Waals surface area contributed by atoms with E-state index in [2.05, 4.69) is 33.8 Å².